The Labute approximate surface area is 116 Å². The van der Waals surface area contributed by atoms with Gasteiger partial charge in [0, 0.05) is 0 Å². The third kappa shape index (κ3) is 2.55. The number of rotatable bonds is 4. The van der Waals surface area contributed by atoms with E-state index in [0.717, 1.165) is 0 Å². The number of hydrogen-bond donors (Lipinski definition) is 0. The van der Waals surface area contributed by atoms with Crippen molar-refractivity contribution in [2.24, 2.45) is 0 Å². The van der Waals surface area contributed by atoms with E-state index in [9.17, 15) is 45.6 Å². The van der Waals surface area contributed by atoms with Crippen LogP contribution < -0.4 is 0 Å². The molecule has 0 N–H and O–H groups in total. The molecule has 0 aliphatic rings. The topological polar surface area (TPSA) is 69.4 Å². The number of methoxy groups -OCH3 is 1. The summed E-state index contributed by atoms with van der Waals surface area (Å²) in [6.07, 6.45) is -4.35. The van der Waals surface area contributed by atoms with Gasteiger partial charge in [-0.2, -0.15) is 13.2 Å². The summed E-state index contributed by atoms with van der Waals surface area (Å²) in [4.78, 5) is 19.0. The Morgan fingerprint density at radius 2 is 1.59 bits per heavy atom. The fourth-order valence-electron chi connectivity index (χ4n) is 1.49. The SMILES string of the molecule is COC(=O)c1c(F)c(F)c(F)c(F)c1C(F)(F)C(F)[N+](=O)[O-]. The molecule has 0 spiro atoms. The summed E-state index contributed by atoms with van der Waals surface area (Å²) in [6, 6.07) is 0. The maximum atomic E-state index is 13.6. The number of alkyl halides is 3. The van der Waals surface area contributed by atoms with Crippen molar-refractivity contribution < 1.29 is 45.2 Å². The molecule has 1 aromatic carbocycles. The fraction of sp³-hybridized carbons (Fsp3) is 0.300. The van der Waals surface area contributed by atoms with Crippen molar-refractivity contribution in [2.45, 2.75) is 12.2 Å². The van der Waals surface area contributed by atoms with E-state index in [1.165, 1.54) is 0 Å². The van der Waals surface area contributed by atoms with Crippen molar-refractivity contribution in [1.82, 2.24) is 0 Å². The number of ether oxygens (including phenoxy) is 1. The first-order chi connectivity index (χ1) is 9.98. The van der Waals surface area contributed by atoms with Crippen LogP contribution in [-0.4, -0.2) is 24.3 Å². The Bertz CT molecular complexity index is 649. The second-order valence-corrected chi connectivity index (χ2v) is 3.74. The van der Waals surface area contributed by atoms with E-state index in [1.54, 1.807) is 0 Å². The average molecular weight is 335 g/mol. The molecule has 0 saturated heterocycles. The van der Waals surface area contributed by atoms with E-state index in [4.69, 9.17) is 0 Å². The van der Waals surface area contributed by atoms with Gasteiger partial charge in [-0.1, -0.05) is 0 Å². The van der Waals surface area contributed by atoms with Gasteiger partial charge in [0.2, 0.25) is 0 Å². The summed E-state index contributed by atoms with van der Waals surface area (Å²) in [5.74, 6) is -18.5. The maximum absolute atomic E-state index is 13.6. The van der Waals surface area contributed by atoms with Crippen molar-refractivity contribution in [3.63, 3.8) is 0 Å². The molecule has 0 aromatic heterocycles. The number of hydrogen-bond acceptors (Lipinski definition) is 4. The zero-order chi connectivity index (χ0) is 17.4. The lowest BCUT2D eigenvalue weighted by Crippen LogP contribution is -2.37. The fourth-order valence-corrected chi connectivity index (χ4v) is 1.49. The first-order valence-electron chi connectivity index (χ1n) is 5.08. The summed E-state index contributed by atoms with van der Waals surface area (Å²) in [6.45, 7) is 0. The summed E-state index contributed by atoms with van der Waals surface area (Å²) >= 11 is 0. The van der Waals surface area contributed by atoms with E-state index in [0.29, 0.717) is 7.11 Å². The predicted octanol–water partition coefficient (Wildman–Crippen LogP) is 2.69. The molecular weight excluding hydrogens is 331 g/mol. The average Bonchev–Trinajstić information content (AvgIpc) is 2.46. The van der Waals surface area contributed by atoms with Gasteiger partial charge in [0.05, 0.1) is 17.6 Å². The van der Waals surface area contributed by atoms with Gasteiger partial charge in [0.25, 0.3) is 0 Å². The molecule has 0 bridgehead atoms. The number of nitrogens with zero attached hydrogens (tertiary/aromatic N) is 1. The largest absolute Gasteiger partial charge is 0.465 e. The van der Waals surface area contributed by atoms with Crippen LogP contribution in [0.3, 0.4) is 0 Å². The zero-order valence-corrected chi connectivity index (χ0v) is 10.3. The minimum atomic E-state index is -5.48. The van der Waals surface area contributed by atoms with E-state index >= 15 is 0 Å². The molecule has 0 aliphatic carbocycles. The number of benzene rings is 1. The van der Waals surface area contributed by atoms with Crippen LogP contribution >= 0.6 is 0 Å². The van der Waals surface area contributed by atoms with Crippen molar-refractivity contribution in [3.05, 3.63) is 44.5 Å². The Kier molecular flexibility index (Phi) is 4.63. The number of esters is 1. The Balaban J connectivity index is 3.87. The van der Waals surface area contributed by atoms with Crippen LogP contribution in [0.4, 0.5) is 30.7 Å². The molecule has 0 radical (unpaired) electrons. The molecule has 12 heteroatoms. The highest BCUT2D eigenvalue weighted by Crippen LogP contribution is 2.40. The Hall–Kier alpha value is -2.40. The highest BCUT2D eigenvalue weighted by atomic mass is 19.3. The third-order valence-electron chi connectivity index (χ3n) is 2.47. The van der Waals surface area contributed by atoms with Crippen molar-refractivity contribution in [2.75, 3.05) is 7.11 Å². The van der Waals surface area contributed by atoms with Gasteiger partial charge in [0.1, 0.15) is 5.56 Å². The van der Waals surface area contributed by atoms with Crippen molar-refractivity contribution >= 4 is 5.97 Å². The lowest BCUT2D eigenvalue weighted by molar-refractivity contribution is -0.585. The third-order valence-corrected chi connectivity index (χ3v) is 2.47. The van der Waals surface area contributed by atoms with Crippen LogP contribution in [-0.2, 0) is 10.7 Å². The van der Waals surface area contributed by atoms with Gasteiger partial charge in [-0.3, -0.25) is 10.1 Å². The van der Waals surface area contributed by atoms with E-state index < -0.39 is 57.5 Å². The minimum absolute atomic E-state index is 0.489. The molecule has 0 heterocycles. The summed E-state index contributed by atoms with van der Waals surface area (Å²) in [5.41, 5.74) is -4.84. The molecular formula is C10H4F7NO4. The minimum Gasteiger partial charge on any atom is -0.465 e. The van der Waals surface area contributed by atoms with Crippen molar-refractivity contribution in [1.29, 1.82) is 0 Å². The first kappa shape index (κ1) is 17.7. The Morgan fingerprint density at radius 3 is 2.00 bits per heavy atom. The molecule has 0 saturated carbocycles. The van der Waals surface area contributed by atoms with Crippen LogP contribution in [0.1, 0.15) is 15.9 Å². The molecule has 1 unspecified atom stereocenters. The molecule has 1 rings (SSSR count). The smallest absolute Gasteiger partial charge is 0.416 e. The van der Waals surface area contributed by atoms with Gasteiger partial charge in [0.15, 0.2) is 23.3 Å². The van der Waals surface area contributed by atoms with Crippen LogP contribution in [0.25, 0.3) is 0 Å². The van der Waals surface area contributed by atoms with Crippen LogP contribution in [0, 0.1) is 33.4 Å². The zero-order valence-electron chi connectivity index (χ0n) is 10.3. The molecule has 0 amide bonds. The van der Waals surface area contributed by atoms with Gasteiger partial charge in [-0.25, -0.2) is 22.4 Å². The summed E-state index contributed by atoms with van der Waals surface area (Å²) in [5, 5.41) is 10.1. The van der Waals surface area contributed by atoms with E-state index in [-0.39, 0.29) is 0 Å². The molecule has 22 heavy (non-hydrogen) atoms. The number of nitro groups is 1. The normalized spacial score (nSPS) is 12.9. The van der Waals surface area contributed by atoms with Crippen LogP contribution in [0.5, 0.6) is 0 Å². The van der Waals surface area contributed by atoms with Crippen LogP contribution in [0.15, 0.2) is 0 Å². The summed E-state index contributed by atoms with van der Waals surface area (Å²) in [7, 11) is 0.489. The second kappa shape index (κ2) is 5.77. The number of halogens is 7. The molecule has 1 aromatic rings. The van der Waals surface area contributed by atoms with Gasteiger partial charge >= 0.3 is 18.2 Å². The van der Waals surface area contributed by atoms with Gasteiger partial charge in [-0.15, -0.1) is 0 Å². The first-order valence-corrected chi connectivity index (χ1v) is 5.08. The lowest BCUT2D eigenvalue weighted by atomic mass is 9.98. The lowest BCUT2D eigenvalue weighted by Gasteiger charge is -2.19. The standard InChI is InChI=1S/C10H4F7NO4/c1-22-8(19)2-3(10(16,17)9(15)18(20)21)5(12)7(14)6(13)4(2)11/h9H,1H3. The summed E-state index contributed by atoms with van der Waals surface area (Å²) < 4.78 is 96.9. The predicted molar refractivity (Wildman–Crippen MR) is 53.4 cm³/mol. The monoisotopic (exact) mass is 335 g/mol. The molecule has 5 nitrogen and oxygen atoms in total. The number of carbonyl (C=O) groups is 1. The molecule has 122 valence electrons. The second-order valence-electron chi connectivity index (χ2n) is 3.74. The molecule has 0 aliphatic heterocycles. The Morgan fingerprint density at radius 1 is 1.14 bits per heavy atom. The molecule has 0 fully saturated rings. The van der Waals surface area contributed by atoms with Gasteiger partial charge in [-0.05, 0) is 0 Å². The number of carbonyl (C=O) groups excluding carboxylic acids is 1. The molecule has 1 atom stereocenters. The highest BCUT2D eigenvalue weighted by molar-refractivity contribution is 5.91. The van der Waals surface area contributed by atoms with Crippen molar-refractivity contribution in [3.8, 4) is 0 Å². The highest BCUT2D eigenvalue weighted by Gasteiger charge is 2.56. The van der Waals surface area contributed by atoms with E-state index in [2.05, 4.69) is 4.74 Å². The van der Waals surface area contributed by atoms with E-state index in [1.807, 2.05) is 0 Å². The maximum Gasteiger partial charge on any atom is 0.416 e. The quantitative estimate of drug-likeness (QED) is 0.161. The van der Waals surface area contributed by atoms with Gasteiger partial charge < -0.3 is 4.74 Å². The van der Waals surface area contributed by atoms with Crippen LogP contribution in [0.2, 0.25) is 0 Å².